The van der Waals surface area contributed by atoms with Crippen LogP contribution in [0.25, 0.3) is 0 Å². The fraction of sp³-hybridized carbons (Fsp3) is 0.923. The van der Waals surface area contributed by atoms with Crippen molar-refractivity contribution >= 4 is 5.97 Å². The van der Waals surface area contributed by atoms with Crippen molar-refractivity contribution in [3.8, 4) is 0 Å². The van der Waals surface area contributed by atoms with E-state index in [-0.39, 0.29) is 29.1 Å². The number of ether oxygens (including phenoxy) is 1. The minimum Gasteiger partial charge on any atom is -0.468 e. The minimum absolute atomic E-state index is 0.00155. The van der Waals surface area contributed by atoms with Gasteiger partial charge < -0.3 is 10.1 Å². The van der Waals surface area contributed by atoms with Crippen LogP contribution in [0, 0.1) is 0 Å². The van der Waals surface area contributed by atoms with Crippen molar-refractivity contribution in [3.63, 3.8) is 0 Å². The molecule has 102 valence electrons. The van der Waals surface area contributed by atoms with E-state index in [0.717, 1.165) is 0 Å². The molecule has 0 heterocycles. The van der Waals surface area contributed by atoms with Gasteiger partial charge in [0.1, 0.15) is 6.04 Å². The van der Waals surface area contributed by atoms with E-state index in [4.69, 9.17) is 4.74 Å². The van der Waals surface area contributed by atoms with E-state index >= 15 is 0 Å². The zero-order chi connectivity index (χ0) is 13.9. The number of nitrogens with one attached hydrogen (secondary N) is 2. The van der Waals surface area contributed by atoms with Crippen molar-refractivity contribution in [2.24, 2.45) is 0 Å². The smallest absolute Gasteiger partial charge is 0.324 e. The van der Waals surface area contributed by atoms with E-state index in [1.165, 1.54) is 7.11 Å². The zero-order valence-corrected chi connectivity index (χ0v) is 12.5. The van der Waals surface area contributed by atoms with Crippen LogP contribution in [0.4, 0.5) is 0 Å². The van der Waals surface area contributed by atoms with Crippen LogP contribution in [-0.4, -0.2) is 36.2 Å². The van der Waals surface area contributed by atoms with Gasteiger partial charge in [0.25, 0.3) is 0 Å². The summed E-state index contributed by atoms with van der Waals surface area (Å²) in [5.74, 6) is -0.232. The third-order valence-corrected chi connectivity index (χ3v) is 2.20. The topological polar surface area (TPSA) is 50.4 Å². The molecule has 4 nitrogen and oxygen atoms in total. The molecular formula is C13H28N2O2. The maximum absolute atomic E-state index is 11.8. The van der Waals surface area contributed by atoms with Gasteiger partial charge in [0.15, 0.2) is 0 Å². The van der Waals surface area contributed by atoms with Crippen molar-refractivity contribution in [1.82, 2.24) is 10.6 Å². The fourth-order valence-corrected chi connectivity index (χ4v) is 1.75. The minimum atomic E-state index is -0.348. The summed E-state index contributed by atoms with van der Waals surface area (Å²) in [7, 11) is 1.42. The third-order valence-electron chi connectivity index (χ3n) is 2.20. The molecule has 17 heavy (non-hydrogen) atoms. The van der Waals surface area contributed by atoms with Gasteiger partial charge in [0, 0.05) is 17.1 Å². The first kappa shape index (κ1) is 16.4. The SMILES string of the molecule is COC(=O)[C@@H](NC(C)(C)C)[C@@H](C)NC(C)(C)C. The van der Waals surface area contributed by atoms with Crippen molar-refractivity contribution in [3.05, 3.63) is 0 Å². The van der Waals surface area contributed by atoms with Gasteiger partial charge in [-0.25, -0.2) is 0 Å². The zero-order valence-electron chi connectivity index (χ0n) is 12.5. The van der Waals surface area contributed by atoms with Crippen LogP contribution in [-0.2, 0) is 9.53 Å². The Morgan fingerprint density at radius 2 is 1.41 bits per heavy atom. The van der Waals surface area contributed by atoms with Gasteiger partial charge in [-0.3, -0.25) is 10.1 Å². The normalized spacial score (nSPS) is 16.5. The van der Waals surface area contributed by atoms with Gasteiger partial charge in [-0.15, -0.1) is 0 Å². The highest BCUT2D eigenvalue weighted by Crippen LogP contribution is 2.09. The molecule has 0 unspecified atom stereocenters. The quantitative estimate of drug-likeness (QED) is 0.739. The molecule has 2 atom stereocenters. The van der Waals surface area contributed by atoms with Crippen LogP contribution in [0.5, 0.6) is 0 Å². The van der Waals surface area contributed by atoms with E-state index < -0.39 is 0 Å². The predicted octanol–water partition coefficient (Wildman–Crippen LogP) is 1.69. The van der Waals surface area contributed by atoms with Crippen LogP contribution in [0.2, 0.25) is 0 Å². The maximum Gasteiger partial charge on any atom is 0.324 e. The van der Waals surface area contributed by atoms with E-state index in [1.807, 2.05) is 27.7 Å². The standard InChI is InChI=1S/C13H28N2O2/c1-9(14-12(2,3)4)10(11(16)17-8)15-13(5,6)7/h9-10,14-15H,1-8H3/t9-,10+/m1/s1. The summed E-state index contributed by atoms with van der Waals surface area (Å²) in [5.41, 5.74) is -0.169. The summed E-state index contributed by atoms with van der Waals surface area (Å²) >= 11 is 0. The van der Waals surface area contributed by atoms with Crippen LogP contribution >= 0.6 is 0 Å². The molecule has 0 fully saturated rings. The Balaban J connectivity index is 4.75. The lowest BCUT2D eigenvalue weighted by atomic mass is 10.00. The lowest BCUT2D eigenvalue weighted by Crippen LogP contribution is -2.60. The van der Waals surface area contributed by atoms with E-state index in [1.54, 1.807) is 0 Å². The van der Waals surface area contributed by atoms with Gasteiger partial charge in [-0.1, -0.05) is 0 Å². The number of methoxy groups -OCH3 is 1. The van der Waals surface area contributed by atoms with Crippen molar-refractivity contribution in [2.75, 3.05) is 7.11 Å². The highest BCUT2D eigenvalue weighted by Gasteiger charge is 2.31. The number of hydrogen-bond donors (Lipinski definition) is 2. The first-order valence-corrected chi connectivity index (χ1v) is 6.09. The van der Waals surface area contributed by atoms with Gasteiger partial charge in [0.05, 0.1) is 7.11 Å². The Hall–Kier alpha value is -0.610. The molecule has 2 N–H and O–H groups in total. The summed E-state index contributed by atoms with van der Waals surface area (Å²) in [6, 6.07) is -0.346. The lowest BCUT2D eigenvalue weighted by Gasteiger charge is -2.34. The number of carbonyl (C=O) groups excluding carboxylic acids is 1. The summed E-state index contributed by atoms with van der Waals surface area (Å²) in [6.45, 7) is 14.3. The van der Waals surface area contributed by atoms with E-state index in [9.17, 15) is 4.79 Å². The molecule has 0 bridgehead atoms. The van der Waals surface area contributed by atoms with Gasteiger partial charge in [-0.2, -0.15) is 0 Å². The molecule has 0 radical (unpaired) electrons. The highest BCUT2D eigenvalue weighted by molar-refractivity contribution is 5.76. The Morgan fingerprint density at radius 3 is 1.71 bits per heavy atom. The molecule has 0 aliphatic heterocycles. The first-order chi connectivity index (χ1) is 7.46. The largest absolute Gasteiger partial charge is 0.468 e. The van der Waals surface area contributed by atoms with E-state index in [2.05, 4.69) is 31.4 Å². The number of rotatable bonds is 4. The van der Waals surface area contributed by atoms with E-state index in [0.29, 0.717) is 0 Å². The lowest BCUT2D eigenvalue weighted by molar-refractivity contribution is -0.144. The average Bonchev–Trinajstić information content (AvgIpc) is 2.08. The fourth-order valence-electron chi connectivity index (χ4n) is 1.75. The second-order valence-electron chi connectivity index (χ2n) is 6.58. The third kappa shape index (κ3) is 7.34. The van der Waals surface area contributed by atoms with Gasteiger partial charge in [0.2, 0.25) is 0 Å². The van der Waals surface area contributed by atoms with Gasteiger partial charge >= 0.3 is 5.97 Å². The molecule has 0 aliphatic carbocycles. The van der Waals surface area contributed by atoms with Gasteiger partial charge in [-0.05, 0) is 48.5 Å². The second kappa shape index (κ2) is 5.83. The molecule has 0 amide bonds. The molecule has 0 aromatic heterocycles. The monoisotopic (exact) mass is 244 g/mol. The molecule has 0 saturated carbocycles. The first-order valence-electron chi connectivity index (χ1n) is 6.09. The predicted molar refractivity (Wildman–Crippen MR) is 71.0 cm³/mol. The molecule has 0 spiro atoms. The van der Waals surface area contributed by atoms with Crippen LogP contribution in [0.15, 0.2) is 0 Å². The van der Waals surface area contributed by atoms with Crippen molar-refractivity contribution < 1.29 is 9.53 Å². The number of carbonyl (C=O) groups is 1. The maximum atomic E-state index is 11.8. The molecule has 0 aliphatic rings. The number of hydrogen-bond acceptors (Lipinski definition) is 4. The molecule has 0 rings (SSSR count). The number of esters is 1. The molecule has 0 aromatic carbocycles. The molecular weight excluding hydrogens is 216 g/mol. The Bertz CT molecular complexity index is 251. The molecule has 0 aromatic rings. The van der Waals surface area contributed by atoms with Crippen LogP contribution in [0.1, 0.15) is 48.5 Å². The summed E-state index contributed by atoms with van der Waals surface area (Å²) in [5, 5.41) is 6.69. The summed E-state index contributed by atoms with van der Waals surface area (Å²) in [4.78, 5) is 11.8. The van der Waals surface area contributed by atoms with Crippen LogP contribution < -0.4 is 10.6 Å². The van der Waals surface area contributed by atoms with Crippen molar-refractivity contribution in [1.29, 1.82) is 0 Å². The Kier molecular flexibility index (Phi) is 5.62. The Morgan fingerprint density at radius 1 is 1.00 bits per heavy atom. The van der Waals surface area contributed by atoms with Crippen molar-refractivity contribution in [2.45, 2.75) is 71.6 Å². The second-order valence-corrected chi connectivity index (χ2v) is 6.58. The summed E-state index contributed by atoms with van der Waals surface area (Å²) in [6.07, 6.45) is 0. The Labute approximate surface area is 105 Å². The highest BCUT2D eigenvalue weighted by atomic mass is 16.5. The molecule has 0 saturated heterocycles. The van der Waals surface area contributed by atoms with Crippen LogP contribution in [0.3, 0.4) is 0 Å². The average molecular weight is 244 g/mol. The summed E-state index contributed by atoms with van der Waals surface area (Å²) < 4.78 is 4.85. The molecule has 4 heteroatoms.